The monoisotopic (exact) mass is 409 g/mol. The predicted octanol–water partition coefficient (Wildman–Crippen LogP) is 6.38. The minimum absolute atomic E-state index is 0.681. The lowest BCUT2D eigenvalue weighted by atomic mass is 10.0. The van der Waals surface area contributed by atoms with Gasteiger partial charge in [-0.25, -0.2) is 0 Å². The van der Waals surface area contributed by atoms with Crippen molar-refractivity contribution in [3.63, 3.8) is 0 Å². The molecule has 0 aliphatic carbocycles. The van der Waals surface area contributed by atoms with E-state index in [9.17, 15) is 0 Å². The van der Waals surface area contributed by atoms with Crippen LogP contribution in [0.4, 0.5) is 0 Å². The lowest BCUT2D eigenvalue weighted by Crippen LogP contribution is -2.32. The molecule has 0 radical (unpaired) electrons. The Kier molecular flexibility index (Phi) is 6.46. The van der Waals surface area contributed by atoms with Crippen LogP contribution in [-0.2, 0) is 12.6 Å². The van der Waals surface area contributed by atoms with Gasteiger partial charge < -0.3 is 0 Å². The zero-order valence-corrected chi connectivity index (χ0v) is 18.8. The lowest BCUT2D eigenvalue weighted by molar-refractivity contribution is 0.647. The molecule has 0 heterocycles. The van der Waals surface area contributed by atoms with Crippen LogP contribution in [-0.4, -0.2) is 0 Å². The maximum atomic E-state index is 2.35. The number of rotatable bonds is 7. The van der Waals surface area contributed by atoms with Crippen molar-refractivity contribution in [1.82, 2.24) is 0 Å². The second-order valence-corrected chi connectivity index (χ2v) is 11.9. The van der Waals surface area contributed by atoms with Crippen LogP contribution >= 0.6 is 7.26 Å². The first-order chi connectivity index (χ1) is 14.7. The van der Waals surface area contributed by atoms with E-state index in [-0.39, 0.29) is 0 Å². The molecule has 4 aromatic carbocycles. The van der Waals surface area contributed by atoms with Gasteiger partial charge in [0.05, 0.1) is 6.16 Å². The van der Waals surface area contributed by atoms with Gasteiger partial charge in [-0.15, -0.1) is 0 Å². The SMILES string of the molecule is CC(C)Cc1ccc(C[P+](c2ccccc2)(c2ccccc2)c2ccccc2)cc1. The topological polar surface area (TPSA) is 0 Å². The van der Waals surface area contributed by atoms with Crippen LogP contribution in [0.5, 0.6) is 0 Å². The molecule has 0 spiro atoms. The minimum atomic E-state index is -1.82. The Balaban J connectivity index is 1.87. The standard InChI is InChI=1S/C29H30P/c1-24(2)22-25-18-20-26(21-19-25)23-30(27-12-6-3-7-13-27,28-14-8-4-9-15-28)29-16-10-5-11-17-29/h3-21,24H,22-23H2,1-2H3/q+1. The van der Waals surface area contributed by atoms with Gasteiger partial charge in [-0.2, -0.15) is 0 Å². The van der Waals surface area contributed by atoms with E-state index in [0.717, 1.165) is 12.6 Å². The van der Waals surface area contributed by atoms with Crippen molar-refractivity contribution in [2.45, 2.75) is 26.4 Å². The summed E-state index contributed by atoms with van der Waals surface area (Å²) in [7, 11) is -1.82. The summed E-state index contributed by atoms with van der Waals surface area (Å²) >= 11 is 0. The quantitative estimate of drug-likeness (QED) is 0.311. The fourth-order valence-electron chi connectivity index (χ4n) is 4.29. The van der Waals surface area contributed by atoms with Crippen molar-refractivity contribution in [2.24, 2.45) is 5.92 Å². The first-order valence-electron chi connectivity index (χ1n) is 10.8. The molecule has 0 saturated carbocycles. The van der Waals surface area contributed by atoms with Gasteiger partial charge in [0.2, 0.25) is 0 Å². The van der Waals surface area contributed by atoms with Gasteiger partial charge in [0.25, 0.3) is 0 Å². The van der Waals surface area contributed by atoms with Crippen molar-refractivity contribution >= 4 is 23.2 Å². The van der Waals surface area contributed by atoms with Crippen LogP contribution in [0.2, 0.25) is 0 Å². The molecule has 0 fully saturated rings. The van der Waals surface area contributed by atoms with Crippen molar-refractivity contribution < 1.29 is 0 Å². The third-order valence-corrected chi connectivity index (χ3v) is 10.1. The van der Waals surface area contributed by atoms with E-state index in [1.165, 1.54) is 27.0 Å². The molecule has 0 N–H and O–H groups in total. The molecule has 4 rings (SSSR count). The molecule has 0 unspecified atom stereocenters. The van der Waals surface area contributed by atoms with Gasteiger partial charge in [0, 0.05) is 0 Å². The van der Waals surface area contributed by atoms with E-state index in [1.54, 1.807) is 0 Å². The smallest absolute Gasteiger partial charge is 0.0625 e. The first-order valence-corrected chi connectivity index (χ1v) is 12.8. The highest BCUT2D eigenvalue weighted by Crippen LogP contribution is 2.58. The number of hydrogen-bond acceptors (Lipinski definition) is 0. The van der Waals surface area contributed by atoms with E-state index < -0.39 is 7.26 Å². The molecule has 0 aromatic heterocycles. The molecule has 0 nitrogen and oxygen atoms in total. The molecule has 0 saturated heterocycles. The summed E-state index contributed by atoms with van der Waals surface area (Å²) in [5.41, 5.74) is 2.84. The zero-order valence-electron chi connectivity index (χ0n) is 17.9. The minimum Gasteiger partial charge on any atom is -0.0625 e. The fraction of sp³-hybridized carbons (Fsp3) is 0.172. The maximum Gasteiger partial charge on any atom is 0.116 e. The second-order valence-electron chi connectivity index (χ2n) is 8.39. The summed E-state index contributed by atoms with van der Waals surface area (Å²) in [6.45, 7) is 4.56. The summed E-state index contributed by atoms with van der Waals surface area (Å²) in [5.74, 6) is 0.681. The van der Waals surface area contributed by atoms with Gasteiger partial charge in [-0.3, -0.25) is 0 Å². The number of benzene rings is 4. The van der Waals surface area contributed by atoms with Crippen LogP contribution in [0.25, 0.3) is 0 Å². The van der Waals surface area contributed by atoms with Crippen LogP contribution in [0, 0.1) is 5.92 Å². The Labute approximate surface area is 182 Å². The molecule has 0 amide bonds. The molecule has 0 aliphatic heterocycles. The first kappa shape index (κ1) is 20.6. The van der Waals surface area contributed by atoms with E-state index in [1.807, 2.05) is 0 Å². The van der Waals surface area contributed by atoms with Gasteiger partial charge in [-0.1, -0.05) is 92.7 Å². The average molecular weight is 410 g/mol. The second kappa shape index (κ2) is 9.41. The van der Waals surface area contributed by atoms with Crippen LogP contribution in [0.1, 0.15) is 25.0 Å². The summed E-state index contributed by atoms with van der Waals surface area (Å²) in [6, 6.07) is 42.7. The molecule has 0 bridgehead atoms. The summed E-state index contributed by atoms with van der Waals surface area (Å²) < 4.78 is 0. The average Bonchev–Trinajstić information content (AvgIpc) is 2.80. The normalized spacial score (nSPS) is 11.6. The molecule has 0 atom stereocenters. The Morgan fingerprint density at radius 2 is 0.867 bits per heavy atom. The van der Waals surface area contributed by atoms with E-state index >= 15 is 0 Å². The zero-order chi connectivity index (χ0) is 20.8. The van der Waals surface area contributed by atoms with Crippen LogP contribution in [0.3, 0.4) is 0 Å². The summed E-state index contributed by atoms with van der Waals surface area (Å²) in [4.78, 5) is 0. The van der Waals surface area contributed by atoms with E-state index in [0.29, 0.717) is 5.92 Å². The lowest BCUT2D eigenvalue weighted by Gasteiger charge is -2.28. The Bertz CT molecular complexity index is 939. The highest BCUT2D eigenvalue weighted by atomic mass is 31.2. The van der Waals surface area contributed by atoms with Gasteiger partial charge in [0.1, 0.15) is 23.2 Å². The molecular formula is C29H30P+. The maximum absolute atomic E-state index is 2.35. The summed E-state index contributed by atoms with van der Waals surface area (Å²) in [5, 5.41) is 4.32. The Morgan fingerprint density at radius 1 is 0.500 bits per heavy atom. The molecule has 150 valence electrons. The van der Waals surface area contributed by atoms with Gasteiger partial charge in [0.15, 0.2) is 0 Å². The van der Waals surface area contributed by atoms with Crippen LogP contribution in [0.15, 0.2) is 115 Å². The van der Waals surface area contributed by atoms with Crippen molar-refractivity contribution in [1.29, 1.82) is 0 Å². The van der Waals surface area contributed by atoms with Gasteiger partial charge >= 0.3 is 0 Å². The molecule has 30 heavy (non-hydrogen) atoms. The Hall–Kier alpha value is -2.69. The molecule has 0 aliphatic rings. The highest BCUT2D eigenvalue weighted by Gasteiger charge is 2.45. The Morgan fingerprint density at radius 3 is 1.23 bits per heavy atom. The largest absolute Gasteiger partial charge is 0.116 e. The molecule has 4 aromatic rings. The number of hydrogen-bond donors (Lipinski definition) is 0. The predicted molar refractivity (Wildman–Crippen MR) is 134 cm³/mol. The van der Waals surface area contributed by atoms with Gasteiger partial charge in [-0.05, 0) is 59.9 Å². The van der Waals surface area contributed by atoms with Crippen LogP contribution < -0.4 is 15.9 Å². The third kappa shape index (κ3) is 4.40. The van der Waals surface area contributed by atoms with Crippen molar-refractivity contribution in [3.05, 3.63) is 126 Å². The van der Waals surface area contributed by atoms with E-state index in [4.69, 9.17) is 0 Å². The molecular weight excluding hydrogens is 379 g/mol. The fourth-order valence-corrected chi connectivity index (χ4v) is 8.54. The molecule has 1 heteroatoms. The van der Waals surface area contributed by atoms with Crippen molar-refractivity contribution in [3.8, 4) is 0 Å². The van der Waals surface area contributed by atoms with Crippen molar-refractivity contribution in [2.75, 3.05) is 0 Å². The third-order valence-electron chi connectivity index (χ3n) is 5.68. The van der Waals surface area contributed by atoms with E-state index in [2.05, 4.69) is 129 Å². The summed E-state index contributed by atoms with van der Waals surface area (Å²) in [6.07, 6.45) is 2.17. The highest BCUT2D eigenvalue weighted by molar-refractivity contribution is 7.95.